The molecule has 0 bridgehead atoms. The quantitative estimate of drug-likeness (QED) is 0.702. The van der Waals surface area contributed by atoms with E-state index in [9.17, 15) is 13.2 Å². The van der Waals surface area contributed by atoms with E-state index >= 15 is 0 Å². The van der Waals surface area contributed by atoms with Crippen LogP contribution in [0.5, 0.6) is 0 Å². The number of carbonyl (C=O) groups excluding carboxylic acids is 1. The van der Waals surface area contributed by atoms with Gasteiger partial charge >= 0.3 is 0 Å². The molecule has 0 aromatic carbocycles. The van der Waals surface area contributed by atoms with Crippen LogP contribution in [0.3, 0.4) is 0 Å². The second kappa shape index (κ2) is 6.02. The van der Waals surface area contributed by atoms with Crippen molar-refractivity contribution in [1.29, 1.82) is 0 Å². The first-order chi connectivity index (χ1) is 8.59. The van der Waals surface area contributed by atoms with E-state index in [4.69, 9.17) is 0 Å². The number of sulfonamides is 1. The molecule has 2 fully saturated rings. The van der Waals surface area contributed by atoms with Crippen LogP contribution in [0, 0.1) is 5.92 Å². The van der Waals surface area contributed by atoms with Crippen LogP contribution in [0.1, 0.15) is 44.9 Å². The first-order valence-corrected chi connectivity index (χ1v) is 8.40. The highest BCUT2D eigenvalue weighted by Crippen LogP contribution is 2.28. The van der Waals surface area contributed by atoms with Crippen LogP contribution in [-0.4, -0.2) is 32.7 Å². The smallest absolute Gasteiger partial charge is 0.223 e. The normalized spacial score (nSPS) is 21.8. The maximum absolute atomic E-state index is 12.0. The molecular weight excluding hydrogens is 252 g/mol. The largest absolute Gasteiger partial charge is 0.355 e. The van der Waals surface area contributed by atoms with Crippen LogP contribution in [0.4, 0.5) is 0 Å². The van der Waals surface area contributed by atoms with Gasteiger partial charge in [0.05, 0.1) is 5.25 Å². The molecule has 0 heterocycles. The van der Waals surface area contributed by atoms with E-state index in [0.717, 1.165) is 44.9 Å². The highest BCUT2D eigenvalue weighted by Gasteiger charge is 2.29. The number of carbonyl (C=O) groups is 1. The van der Waals surface area contributed by atoms with Gasteiger partial charge in [0.1, 0.15) is 0 Å². The van der Waals surface area contributed by atoms with Crippen LogP contribution in [-0.2, 0) is 14.8 Å². The minimum atomic E-state index is -3.19. The van der Waals surface area contributed by atoms with Crippen LogP contribution in [0.2, 0.25) is 0 Å². The van der Waals surface area contributed by atoms with Crippen molar-refractivity contribution >= 4 is 15.9 Å². The summed E-state index contributed by atoms with van der Waals surface area (Å²) in [5, 5.41) is 2.52. The number of rotatable bonds is 6. The van der Waals surface area contributed by atoms with E-state index in [1.165, 1.54) is 0 Å². The van der Waals surface area contributed by atoms with Gasteiger partial charge in [-0.05, 0) is 25.7 Å². The number of hydrogen-bond donors (Lipinski definition) is 2. The third-order valence-electron chi connectivity index (χ3n) is 3.67. The fraction of sp³-hybridized carbons (Fsp3) is 0.917. The highest BCUT2D eigenvalue weighted by molar-refractivity contribution is 7.90. The summed E-state index contributed by atoms with van der Waals surface area (Å²) in [4.78, 5) is 11.3. The van der Waals surface area contributed by atoms with Crippen molar-refractivity contribution in [3.63, 3.8) is 0 Å². The van der Waals surface area contributed by atoms with E-state index < -0.39 is 10.0 Å². The monoisotopic (exact) mass is 274 g/mol. The second-order valence-corrected chi connectivity index (χ2v) is 7.31. The zero-order chi connectivity index (χ0) is 13.0. The van der Waals surface area contributed by atoms with Gasteiger partial charge in [0.2, 0.25) is 15.9 Å². The Kier molecular flexibility index (Phi) is 4.61. The highest BCUT2D eigenvalue weighted by atomic mass is 32.2. The van der Waals surface area contributed by atoms with Gasteiger partial charge in [0.15, 0.2) is 0 Å². The van der Waals surface area contributed by atoms with Crippen LogP contribution < -0.4 is 10.0 Å². The van der Waals surface area contributed by atoms with Gasteiger partial charge < -0.3 is 5.32 Å². The molecule has 5 nitrogen and oxygen atoms in total. The summed E-state index contributed by atoms with van der Waals surface area (Å²) in [5.74, 6) is 0.242. The maximum atomic E-state index is 12.0. The van der Waals surface area contributed by atoms with Crippen LogP contribution in [0.15, 0.2) is 0 Å². The summed E-state index contributed by atoms with van der Waals surface area (Å²) in [7, 11) is -3.19. The minimum absolute atomic E-state index is 0.0619. The van der Waals surface area contributed by atoms with Crippen molar-refractivity contribution in [2.24, 2.45) is 5.92 Å². The maximum Gasteiger partial charge on any atom is 0.223 e. The average Bonchev–Trinajstić information content (AvgIpc) is 3.20. The van der Waals surface area contributed by atoms with Crippen LogP contribution >= 0.6 is 0 Å². The van der Waals surface area contributed by atoms with E-state index in [1.54, 1.807) is 0 Å². The summed E-state index contributed by atoms with van der Waals surface area (Å²) in [6.45, 7) is 0.693. The Morgan fingerprint density at radius 2 is 1.67 bits per heavy atom. The Labute approximate surface area is 109 Å². The molecular formula is C12H22N2O3S. The molecule has 18 heavy (non-hydrogen) atoms. The first kappa shape index (κ1) is 13.8. The third kappa shape index (κ3) is 3.95. The average molecular weight is 274 g/mol. The number of amides is 1. The summed E-state index contributed by atoms with van der Waals surface area (Å²) >= 11 is 0. The predicted octanol–water partition coefficient (Wildman–Crippen LogP) is 0.765. The lowest BCUT2D eigenvalue weighted by molar-refractivity contribution is -0.122. The Morgan fingerprint density at radius 1 is 1.00 bits per heavy atom. The molecule has 2 saturated carbocycles. The molecule has 0 radical (unpaired) electrons. The molecule has 2 rings (SSSR count). The van der Waals surface area contributed by atoms with Crippen molar-refractivity contribution < 1.29 is 13.2 Å². The molecule has 1 amide bonds. The Bertz CT molecular complexity index is 384. The van der Waals surface area contributed by atoms with Gasteiger partial charge in [-0.15, -0.1) is 0 Å². The molecule has 0 spiro atoms. The second-order valence-electron chi connectivity index (χ2n) is 5.26. The topological polar surface area (TPSA) is 75.3 Å². The lowest BCUT2D eigenvalue weighted by Crippen LogP contribution is -2.40. The fourth-order valence-electron chi connectivity index (χ4n) is 2.36. The fourth-order valence-corrected chi connectivity index (χ4v) is 3.94. The molecule has 0 aromatic heterocycles. The van der Waals surface area contributed by atoms with Crippen molar-refractivity contribution in [2.45, 2.75) is 50.2 Å². The van der Waals surface area contributed by atoms with Gasteiger partial charge in [-0.1, -0.05) is 19.3 Å². The molecule has 0 saturated heterocycles. The molecule has 0 unspecified atom stereocenters. The van der Waals surface area contributed by atoms with Crippen molar-refractivity contribution in [2.75, 3.05) is 13.1 Å². The van der Waals surface area contributed by atoms with Crippen molar-refractivity contribution in [3.05, 3.63) is 0 Å². The third-order valence-corrected chi connectivity index (χ3v) is 5.62. The zero-order valence-corrected chi connectivity index (χ0v) is 11.5. The van der Waals surface area contributed by atoms with Gasteiger partial charge in [-0.25, -0.2) is 13.1 Å². The van der Waals surface area contributed by atoms with E-state index in [0.29, 0.717) is 13.1 Å². The molecule has 0 aliphatic heterocycles. The van der Waals surface area contributed by atoms with Crippen molar-refractivity contribution in [1.82, 2.24) is 10.0 Å². The van der Waals surface area contributed by atoms with E-state index in [-0.39, 0.29) is 17.1 Å². The molecule has 2 N–H and O–H groups in total. The van der Waals surface area contributed by atoms with E-state index in [2.05, 4.69) is 10.0 Å². The summed E-state index contributed by atoms with van der Waals surface area (Å²) < 4.78 is 26.5. The Hall–Kier alpha value is -0.620. The summed E-state index contributed by atoms with van der Waals surface area (Å²) in [6.07, 6.45) is 6.63. The lowest BCUT2D eigenvalue weighted by atomic mass is 10.0. The van der Waals surface area contributed by atoms with E-state index in [1.807, 2.05) is 0 Å². The Morgan fingerprint density at radius 3 is 2.28 bits per heavy atom. The molecule has 0 aromatic rings. The molecule has 104 valence electrons. The van der Waals surface area contributed by atoms with Gasteiger partial charge in [0, 0.05) is 19.0 Å². The number of hydrogen-bond acceptors (Lipinski definition) is 3. The van der Waals surface area contributed by atoms with Crippen molar-refractivity contribution in [3.8, 4) is 0 Å². The standard InChI is InChI=1S/C12H22N2O3S/c15-12(10-6-7-10)13-8-9-14-18(16,17)11-4-2-1-3-5-11/h10-11,14H,1-9H2,(H,13,15). The van der Waals surface area contributed by atoms with Gasteiger partial charge in [0.25, 0.3) is 0 Å². The molecule has 0 atom stereocenters. The minimum Gasteiger partial charge on any atom is -0.355 e. The summed E-state index contributed by atoms with van der Waals surface area (Å²) in [6, 6.07) is 0. The lowest BCUT2D eigenvalue weighted by Gasteiger charge is -2.22. The first-order valence-electron chi connectivity index (χ1n) is 6.86. The molecule has 2 aliphatic rings. The van der Waals surface area contributed by atoms with Gasteiger partial charge in [-0.3, -0.25) is 4.79 Å². The summed E-state index contributed by atoms with van der Waals surface area (Å²) in [5.41, 5.74) is 0. The molecule has 2 aliphatic carbocycles. The molecule has 6 heteroatoms. The van der Waals surface area contributed by atoms with Crippen LogP contribution in [0.25, 0.3) is 0 Å². The Balaban J connectivity index is 1.66. The van der Waals surface area contributed by atoms with Gasteiger partial charge in [-0.2, -0.15) is 0 Å². The number of nitrogens with one attached hydrogen (secondary N) is 2. The zero-order valence-electron chi connectivity index (χ0n) is 10.7. The predicted molar refractivity (Wildman–Crippen MR) is 69.5 cm³/mol. The SMILES string of the molecule is O=C(NCCNS(=O)(=O)C1CCCCC1)C1CC1.